The van der Waals surface area contributed by atoms with Crippen LogP contribution in [0, 0.1) is 0 Å². The van der Waals surface area contributed by atoms with Gasteiger partial charge in [-0.15, -0.1) is 0 Å². The van der Waals surface area contributed by atoms with Crippen LogP contribution in [0.4, 0.5) is 0 Å². The van der Waals surface area contributed by atoms with E-state index in [1.807, 2.05) is 24.3 Å². The van der Waals surface area contributed by atoms with Gasteiger partial charge in [-0.25, -0.2) is 0 Å². The van der Waals surface area contributed by atoms with Crippen molar-refractivity contribution in [1.29, 1.82) is 0 Å². The normalized spacial score (nSPS) is 13.7. The minimum absolute atomic E-state index is 0.143. The number of rotatable bonds is 2. The summed E-state index contributed by atoms with van der Waals surface area (Å²) in [4.78, 5) is 10.5. The molecule has 76 valence electrons. The lowest BCUT2D eigenvalue weighted by atomic mass is 9.86. The standard InChI is InChI=1S/C12H17NO/c1-12(2,3)10-6-4-9(5-7-10)11(13)8-14/h4-8,11H,13H2,1-3H3. The second-order valence-electron chi connectivity index (χ2n) is 4.53. The molecule has 0 aliphatic rings. The minimum Gasteiger partial charge on any atom is -0.318 e. The molecule has 0 fully saturated rings. The Kier molecular flexibility index (Phi) is 3.06. The Labute approximate surface area is 85.1 Å². The fraction of sp³-hybridized carbons (Fsp3) is 0.417. The van der Waals surface area contributed by atoms with Crippen LogP contribution in [0.25, 0.3) is 0 Å². The highest BCUT2D eigenvalue weighted by atomic mass is 16.1. The number of hydrogen-bond acceptors (Lipinski definition) is 2. The SMILES string of the molecule is CC(C)(C)c1ccc(C(N)C=O)cc1. The van der Waals surface area contributed by atoms with Crippen LogP contribution in [0.5, 0.6) is 0 Å². The van der Waals surface area contributed by atoms with Gasteiger partial charge in [0.25, 0.3) is 0 Å². The second-order valence-corrected chi connectivity index (χ2v) is 4.53. The van der Waals surface area contributed by atoms with Crippen molar-refractivity contribution < 1.29 is 4.79 Å². The topological polar surface area (TPSA) is 43.1 Å². The molecule has 0 radical (unpaired) electrons. The summed E-state index contributed by atoms with van der Waals surface area (Å²) in [7, 11) is 0. The second kappa shape index (κ2) is 3.93. The molecule has 0 aliphatic heterocycles. The molecule has 0 aliphatic carbocycles. The third kappa shape index (κ3) is 2.42. The third-order valence-electron chi connectivity index (χ3n) is 2.31. The van der Waals surface area contributed by atoms with E-state index in [1.54, 1.807) is 0 Å². The molecule has 0 aromatic heterocycles. The van der Waals surface area contributed by atoms with Crippen molar-refractivity contribution in [2.75, 3.05) is 0 Å². The highest BCUT2D eigenvalue weighted by Gasteiger charge is 2.13. The van der Waals surface area contributed by atoms with Crippen LogP contribution in [-0.4, -0.2) is 6.29 Å². The van der Waals surface area contributed by atoms with Gasteiger partial charge in [0.2, 0.25) is 0 Å². The molecule has 0 saturated heterocycles. The van der Waals surface area contributed by atoms with Gasteiger partial charge in [-0.05, 0) is 16.5 Å². The van der Waals surface area contributed by atoms with Crippen molar-refractivity contribution in [2.45, 2.75) is 32.2 Å². The zero-order chi connectivity index (χ0) is 10.8. The van der Waals surface area contributed by atoms with Crippen molar-refractivity contribution >= 4 is 6.29 Å². The molecule has 1 aromatic carbocycles. The van der Waals surface area contributed by atoms with E-state index >= 15 is 0 Å². The summed E-state index contributed by atoms with van der Waals surface area (Å²) in [5, 5.41) is 0. The van der Waals surface area contributed by atoms with E-state index in [1.165, 1.54) is 5.56 Å². The first-order valence-corrected chi connectivity index (χ1v) is 4.76. The first-order chi connectivity index (χ1) is 6.45. The van der Waals surface area contributed by atoms with Crippen LogP contribution in [0.1, 0.15) is 37.9 Å². The van der Waals surface area contributed by atoms with E-state index in [0.717, 1.165) is 11.8 Å². The Morgan fingerprint density at radius 2 is 1.71 bits per heavy atom. The molecular weight excluding hydrogens is 174 g/mol. The maximum atomic E-state index is 10.5. The van der Waals surface area contributed by atoms with Gasteiger partial charge in [0.1, 0.15) is 6.29 Å². The Balaban J connectivity index is 2.95. The lowest BCUT2D eigenvalue weighted by Gasteiger charge is -2.19. The van der Waals surface area contributed by atoms with Crippen LogP contribution in [0.3, 0.4) is 0 Å². The van der Waals surface area contributed by atoms with Gasteiger partial charge in [-0.3, -0.25) is 0 Å². The maximum absolute atomic E-state index is 10.5. The van der Waals surface area contributed by atoms with E-state index in [0.29, 0.717) is 0 Å². The molecule has 1 unspecified atom stereocenters. The van der Waals surface area contributed by atoms with Crippen LogP contribution < -0.4 is 5.73 Å². The zero-order valence-electron chi connectivity index (χ0n) is 8.95. The molecular formula is C12H17NO. The number of carbonyl (C=O) groups excluding carboxylic acids is 1. The predicted molar refractivity (Wildman–Crippen MR) is 58.1 cm³/mol. The molecule has 2 N–H and O–H groups in total. The monoisotopic (exact) mass is 191 g/mol. The number of carbonyl (C=O) groups is 1. The van der Waals surface area contributed by atoms with Crippen molar-refractivity contribution in [3.8, 4) is 0 Å². The summed E-state index contributed by atoms with van der Waals surface area (Å²) >= 11 is 0. The molecule has 0 heterocycles. The Hall–Kier alpha value is -1.15. The predicted octanol–water partition coefficient (Wildman–Crippen LogP) is 2.18. The highest BCUT2D eigenvalue weighted by Crippen LogP contribution is 2.23. The summed E-state index contributed by atoms with van der Waals surface area (Å²) < 4.78 is 0. The molecule has 1 aromatic rings. The molecule has 2 heteroatoms. The van der Waals surface area contributed by atoms with Crippen LogP contribution in [-0.2, 0) is 10.2 Å². The summed E-state index contributed by atoms with van der Waals surface area (Å²) in [5.74, 6) is 0. The van der Waals surface area contributed by atoms with Gasteiger partial charge in [-0.1, -0.05) is 45.0 Å². The van der Waals surface area contributed by atoms with Gasteiger partial charge in [0.05, 0.1) is 6.04 Å². The molecule has 14 heavy (non-hydrogen) atoms. The fourth-order valence-corrected chi connectivity index (χ4v) is 1.28. The van der Waals surface area contributed by atoms with Crippen molar-refractivity contribution in [3.63, 3.8) is 0 Å². The maximum Gasteiger partial charge on any atom is 0.141 e. The fourth-order valence-electron chi connectivity index (χ4n) is 1.28. The number of benzene rings is 1. The minimum atomic E-state index is -0.496. The number of hydrogen-bond donors (Lipinski definition) is 1. The van der Waals surface area contributed by atoms with Gasteiger partial charge in [-0.2, -0.15) is 0 Å². The number of aldehydes is 1. The summed E-state index contributed by atoms with van der Waals surface area (Å²) in [5.41, 5.74) is 7.85. The van der Waals surface area contributed by atoms with Crippen LogP contribution in [0.15, 0.2) is 24.3 Å². The van der Waals surface area contributed by atoms with Crippen molar-refractivity contribution in [2.24, 2.45) is 5.73 Å². The lowest BCUT2D eigenvalue weighted by Crippen LogP contribution is -2.13. The first-order valence-electron chi connectivity index (χ1n) is 4.76. The summed E-state index contributed by atoms with van der Waals surface area (Å²) in [6.07, 6.45) is 0.756. The van der Waals surface area contributed by atoms with E-state index in [2.05, 4.69) is 20.8 Å². The average molecular weight is 191 g/mol. The molecule has 0 saturated carbocycles. The number of nitrogens with two attached hydrogens (primary N) is 1. The zero-order valence-corrected chi connectivity index (χ0v) is 8.95. The molecule has 0 spiro atoms. The van der Waals surface area contributed by atoms with Gasteiger partial charge >= 0.3 is 0 Å². The van der Waals surface area contributed by atoms with Crippen molar-refractivity contribution in [3.05, 3.63) is 35.4 Å². The van der Waals surface area contributed by atoms with Gasteiger partial charge in [0.15, 0.2) is 0 Å². The molecule has 1 rings (SSSR count). The van der Waals surface area contributed by atoms with Crippen molar-refractivity contribution in [1.82, 2.24) is 0 Å². The Morgan fingerprint density at radius 3 is 2.07 bits per heavy atom. The van der Waals surface area contributed by atoms with E-state index < -0.39 is 6.04 Å². The van der Waals surface area contributed by atoms with E-state index in [4.69, 9.17) is 5.73 Å². The lowest BCUT2D eigenvalue weighted by molar-refractivity contribution is -0.109. The molecule has 1 atom stereocenters. The Morgan fingerprint density at radius 1 is 1.21 bits per heavy atom. The smallest absolute Gasteiger partial charge is 0.141 e. The first kappa shape index (κ1) is 10.9. The molecule has 0 bridgehead atoms. The Bertz CT molecular complexity index is 308. The molecule has 2 nitrogen and oxygen atoms in total. The summed E-state index contributed by atoms with van der Waals surface area (Å²) in [6.45, 7) is 6.46. The van der Waals surface area contributed by atoms with Gasteiger partial charge < -0.3 is 10.5 Å². The van der Waals surface area contributed by atoms with Gasteiger partial charge in [0, 0.05) is 0 Å². The average Bonchev–Trinajstić information content (AvgIpc) is 2.15. The van der Waals surface area contributed by atoms with E-state index in [-0.39, 0.29) is 5.41 Å². The largest absolute Gasteiger partial charge is 0.318 e. The highest BCUT2D eigenvalue weighted by molar-refractivity contribution is 5.61. The van der Waals surface area contributed by atoms with Crippen LogP contribution >= 0.6 is 0 Å². The summed E-state index contributed by atoms with van der Waals surface area (Å²) in [6, 6.07) is 7.39. The van der Waals surface area contributed by atoms with Crippen LogP contribution in [0.2, 0.25) is 0 Å². The molecule has 0 amide bonds. The van der Waals surface area contributed by atoms with E-state index in [9.17, 15) is 4.79 Å². The third-order valence-corrected chi connectivity index (χ3v) is 2.31. The quantitative estimate of drug-likeness (QED) is 0.728.